The summed E-state index contributed by atoms with van der Waals surface area (Å²) in [6, 6.07) is 15.6. The minimum atomic E-state index is -0.0524. The Bertz CT molecular complexity index is 878. The van der Waals surface area contributed by atoms with E-state index < -0.39 is 0 Å². The van der Waals surface area contributed by atoms with Gasteiger partial charge in [-0.3, -0.25) is 9.69 Å². The summed E-state index contributed by atoms with van der Waals surface area (Å²) in [5.41, 5.74) is 1.95. The normalized spacial score (nSPS) is 15.7. The lowest BCUT2D eigenvalue weighted by atomic mass is 10.1. The fraction of sp³-hybridized carbons (Fsp3) is 0.238. The molecule has 0 radical (unpaired) electrons. The van der Waals surface area contributed by atoms with Crippen molar-refractivity contribution >= 4 is 40.3 Å². The minimum Gasteiger partial charge on any atom is -0.493 e. The number of benzene rings is 2. The maximum absolute atomic E-state index is 12.5. The molecule has 1 aliphatic heterocycles. The summed E-state index contributed by atoms with van der Waals surface area (Å²) >= 11 is 6.65. The van der Waals surface area contributed by atoms with Crippen LogP contribution in [-0.2, 0) is 11.4 Å². The summed E-state index contributed by atoms with van der Waals surface area (Å²) in [5.74, 6) is 1.23. The van der Waals surface area contributed by atoms with Gasteiger partial charge in [-0.1, -0.05) is 60.4 Å². The fourth-order valence-electron chi connectivity index (χ4n) is 2.70. The molecule has 6 heteroatoms. The molecule has 1 aliphatic rings. The summed E-state index contributed by atoms with van der Waals surface area (Å²) in [6.45, 7) is 4.37. The number of thiocarbonyl (C=S) groups is 1. The Morgan fingerprint density at radius 3 is 2.52 bits per heavy atom. The van der Waals surface area contributed by atoms with Crippen LogP contribution in [0.5, 0.6) is 11.5 Å². The number of amides is 1. The standard InChI is InChI=1S/C21H21NO3S2/c1-14(2)22-20(23)19(27-21(22)26)12-16-9-10-17(18(11-16)24-3)25-13-15-7-5-4-6-8-15/h4-12,14H,13H2,1-3H3. The van der Waals surface area contributed by atoms with E-state index in [2.05, 4.69) is 0 Å². The average Bonchev–Trinajstić information content (AvgIpc) is 2.94. The van der Waals surface area contributed by atoms with Crippen LogP contribution >= 0.6 is 24.0 Å². The third-order valence-electron chi connectivity index (χ3n) is 4.06. The van der Waals surface area contributed by atoms with Crippen LogP contribution in [0.25, 0.3) is 6.08 Å². The van der Waals surface area contributed by atoms with Crippen LogP contribution in [0.2, 0.25) is 0 Å². The van der Waals surface area contributed by atoms with Gasteiger partial charge in [0.15, 0.2) is 11.5 Å². The second kappa shape index (κ2) is 8.59. The van der Waals surface area contributed by atoms with E-state index in [1.54, 1.807) is 12.0 Å². The van der Waals surface area contributed by atoms with Crippen LogP contribution < -0.4 is 9.47 Å². The SMILES string of the molecule is COc1cc(C=C2SC(=S)N(C(C)C)C2=O)ccc1OCc1ccccc1. The quantitative estimate of drug-likeness (QED) is 0.511. The van der Waals surface area contributed by atoms with Gasteiger partial charge in [0.25, 0.3) is 5.91 Å². The van der Waals surface area contributed by atoms with Crippen LogP contribution in [0.1, 0.15) is 25.0 Å². The number of carbonyl (C=O) groups excluding carboxylic acids is 1. The molecule has 1 amide bonds. The molecular formula is C21H21NO3S2. The van der Waals surface area contributed by atoms with Crippen molar-refractivity contribution in [3.05, 3.63) is 64.6 Å². The summed E-state index contributed by atoms with van der Waals surface area (Å²) in [4.78, 5) is 14.8. The van der Waals surface area contributed by atoms with Crippen molar-refractivity contribution in [1.29, 1.82) is 0 Å². The monoisotopic (exact) mass is 399 g/mol. The van der Waals surface area contributed by atoms with Crippen LogP contribution in [0.3, 0.4) is 0 Å². The van der Waals surface area contributed by atoms with E-state index in [1.807, 2.05) is 68.5 Å². The number of carbonyl (C=O) groups is 1. The van der Waals surface area contributed by atoms with E-state index in [-0.39, 0.29) is 11.9 Å². The van der Waals surface area contributed by atoms with E-state index in [0.717, 1.165) is 11.1 Å². The number of ether oxygens (including phenoxy) is 2. The van der Waals surface area contributed by atoms with Gasteiger partial charge in [-0.2, -0.15) is 0 Å². The zero-order valence-electron chi connectivity index (χ0n) is 15.5. The van der Waals surface area contributed by atoms with Gasteiger partial charge in [-0.25, -0.2) is 0 Å². The Labute approximate surface area is 169 Å². The molecular weight excluding hydrogens is 378 g/mol. The van der Waals surface area contributed by atoms with Crippen molar-refractivity contribution in [2.75, 3.05) is 7.11 Å². The summed E-state index contributed by atoms with van der Waals surface area (Å²) in [6.07, 6.45) is 1.84. The Balaban J connectivity index is 1.78. The van der Waals surface area contributed by atoms with Crippen molar-refractivity contribution in [3.63, 3.8) is 0 Å². The Morgan fingerprint density at radius 2 is 1.89 bits per heavy atom. The molecule has 3 rings (SSSR count). The zero-order valence-corrected chi connectivity index (χ0v) is 17.1. The first-order valence-corrected chi connectivity index (χ1v) is 9.84. The minimum absolute atomic E-state index is 0.0479. The van der Waals surface area contributed by atoms with Gasteiger partial charge < -0.3 is 9.47 Å². The molecule has 27 heavy (non-hydrogen) atoms. The van der Waals surface area contributed by atoms with Gasteiger partial charge in [0, 0.05) is 6.04 Å². The Morgan fingerprint density at radius 1 is 1.15 bits per heavy atom. The molecule has 0 atom stereocenters. The molecule has 0 unspecified atom stereocenters. The molecule has 2 aromatic rings. The first kappa shape index (κ1) is 19.5. The first-order valence-electron chi connectivity index (χ1n) is 8.61. The maximum atomic E-state index is 12.5. The smallest absolute Gasteiger partial charge is 0.266 e. The van der Waals surface area contributed by atoms with Gasteiger partial charge in [0.2, 0.25) is 0 Å². The number of thioether (sulfide) groups is 1. The van der Waals surface area contributed by atoms with Gasteiger partial charge >= 0.3 is 0 Å². The molecule has 140 valence electrons. The molecule has 0 bridgehead atoms. The lowest BCUT2D eigenvalue weighted by Gasteiger charge is -2.18. The van der Waals surface area contributed by atoms with Crippen LogP contribution in [0, 0.1) is 0 Å². The molecule has 0 aromatic heterocycles. The first-order chi connectivity index (χ1) is 13.0. The number of rotatable bonds is 6. The molecule has 2 aromatic carbocycles. The molecule has 0 N–H and O–H groups in total. The van der Waals surface area contributed by atoms with Crippen LogP contribution in [0.4, 0.5) is 0 Å². The van der Waals surface area contributed by atoms with E-state index in [9.17, 15) is 4.79 Å². The molecule has 0 aliphatic carbocycles. The zero-order chi connectivity index (χ0) is 19.4. The molecule has 0 saturated carbocycles. The third kappa shape index (κ3) is 4.51. The largest absolute Gasteiger partial charge is 0.493 e. The van der Waals surface area contributed by atoms with E-state index in [0.29, 0.717) is 27.3 Å². The number of hydrogen-bond acceptors (Lipinski definition) is 5. The van der Waals surface area contributed by atoms with Gasteiger partial charge in [-0.15, -0.1) is 0 Å². The van der Waals surface area contributed by atoms with E-state index in [1.165, 1.54) is 11.8 Å². The second-order valence-electron chi connectivity index (χ2n) is 6.33. The predicted octanol–water partition coefficient (Wildman–Crippen LogP) is 4.88. The number of hydrogen-bond donors (Lipinski definition) is 0. The summed E-state index contributed by atoms with van der Waals surface area (Å²) < 4.78 is 11.9. The fourth-order valence-corrected chi connectivity index (χ4v) is 4.23. The molecule has 0 spiro atoms. The van der Waals surface area contributed by atoms with Crippen molar-refractivity contribution in [2.45, 2.75) is 26.5 Å². The van der Waals surface area contributed by atoms with Crippen molar-refractivity contribution in [2.24, 2.45) is 0 Å². The van der Waals surface area contributed by atoms with Crippen LogP contribution in [0.15, 0.2) is 53.4 Å². The van der Waals surface area contributed by atoms with Gasteiger partial charge in [0.05, 0.1) is 12.0 Å². The highest BCUT2D eigenvalue weighted by atomic mass is 32.2. The highest BCUT2D eigenvalue weighted by Crippen LogP contribution is 2.35. The van der Waals surface area contributed by atoms with Crippen molar-refractivity contribution in [1.82, 2.24) is 4.90 Å². The van der Waals surface area contributed by atoms with Crippen molar-refractivity contribution in [3.8, 4) is 11.5 Å². The lowest BCUT2D eigenvalue weighted by Crippen LogP contribution is -2.34. The number of methoxy groups -OCH3 is 1. The number of nitrogens with zero attached hydrogens (tertiary/aromatic N) is 1. The predicted molar refractivity (Wildman–Crippen MR) is 114 cm³/mol. The maximum Gasteiger partial charge on any atom is 0.266 e. The highest BCUT2D eigenvalue weighted by molar-refractivity contribution is 8.26. The Kier molecular flexibility index (Phi) is 6.19. The summed E-state index contributed by atoms with van der Waals surface area (Å²) in [7, 11) is 1.60. The van der Waals surface area contributed by atoms with Gasteiger partial charge in [0.1, 0.15) is 10.9 Å². The summed E-state index contributed by atoms with van der Waals surface area (Å²) in [5, 5.41) is 0. The van der Waals surface area contributed by atoms with Gasteiger partial charge in [-0.05, 0) is 43.2 Å². The van der Waals surface area contributed by atoms with E-state index >= 15 is 0 Å². The van der Waals surface area contributed by atoms with Crippen molar-refractivity contribution < 1.29 is 14.3 Å². The molecule has 1 heterocycles. The lowest BCUT2D eigenvalue weighted by molar-refractivity contribution is -0.123. The average molecular weight is 400 g/mol. The van der Waals surface area contributed by atoms with Crippen LogP contribution in [-0.4, -0.2) is 28.3 Å². The topological polar surface area (TPSA) is 38.8 Å². The molecule has 1 saturated heterocycles. The third-order valence-corrected chi connectivity index (χ3v) is 5.39. The molecule has 1 fully saturated rings. The molecule has 4 nitrogen and oxygen atoms in total. The second-order valence-corrected chi connectivity index (χ2v) is 8.01. The Hall–Kier alpha value is -2.31. The van der Waals surface area contributed by atoms with E-state index in [4.69, 9.17) is 21.7 Å². The highest BCUT2D eigenvalue weighted by Gasteiger charge is 2.33.